The van der Waals surface area contributed by atoms with Gasteiger partial charge in [0.05, 0.1) is 29.0 Å². The number of likely N-dealkylation sites (tertiary alicyclic amines) is 1. The Morgan fingerprint density at radius 3 is 2.44 bits per heavy atom. The number of aromatic nitrogens is 6. The molecular weight excluding hydrogens is 892 g/mol. The van der Waals surface area contributed by atoms with E-state index in [-0.39, 0.29) is 24.1 Å². The summed E-state index contributed by atoms with van der Waals surface area (Å²) in [5.41, 5.74) is 5.22. The predicted molar refractivity (Wildman–Crippen MR) is 252 cm³/mol. The largest absolute Gasteiger partial charge is 0.353 e. The molecule has 0 saturated carbocycles. The molecule has 0 unspecified atom stereocenters. The van der Waals surface area contributed by atoms with E-state index in [2.05, 4.69) is 49.5 Å². The van der Waals surface area contributed by atoms with Crippen LogP contribution in [0.15, 0.2) is 59.7 Å². The average Bonchev–Trinajstić information content (AvgIpc) is 3.97. The molecule has 3 aliphatic heterocycles. The summed E-state index contributed by atoms with van der Waals surface area (Å²) in [6.45, 7) is 12.4. The minimum Gasteiger partial charge on any atom is -0.353 e. The zero-order valence-corrected chi connectivity index (χ0v) is 39.1. The highest BCUT2D eigenvalue weighted by Crippen LogP contribution is 2.40. The summed E-state index contributed by atoms with van der Waals surface area (Å²) < 4.78 is 2.04. The van der Waals surface area contributed by atoms with Crippen LogP contribution in [-0.2, 0) is 9.59 Å². The Balaban J connectivity index is 0.874. The van der Waals surface area contributed by atoms with Crippen molar-refractivity contribution in [3.8, 4) is 5.00 Å². The number of hydrogen-bond donors (Lipinski definition) is 2. The Morgan fingerprint density at radius 2 is 1.67 bits per heavy atom. The molecule has 19 heteroatoms. The van der Waals surface area contributed by atoms with E-state index >= 15 is 0 Å². The third kappa shape index (κ3) is 8.61. The number of nitrogens with zero attached hydrogens (tertiary/aromatic N) is 10. The number of carbonyl (C=O) groups is 3. The van der Waals surface area contributed by atoms with Gasteiger partial charge in [-0.05, 0) is 83.2 Å². The van der Waals surface area contributed by atoms with Crippen molar-refractivity contribution in [3.63, 3.8) is 0 Å². The van der Waals surface area contributed by atoms with Gasteiger partial charge in [0, 0.05) is 59.8 Å². The number of piperidine rings is 1. The summed E-state index contributed by atoms with van der Waals surface area (Å²) in [4.78, 5) is 68.3. The maximum absolute atomic E-state index is 14.5. The van der Waals surface area contributed by atoms with Crippen LogP contribution in [0.1, 0.15) is 86.0 Å². The Kier molecular flexibility index (Phi) is 12.3. The van der Waals surface area contributed by atoms with E-state index in [4.69, 9.17) is 33.2 Å². The molecule has 0 spiro atoms. The van der Waals surface area contributed by atoms with Crippen LogP contribution in [0.2, 0.25) is 10.0 Å². The fourth-order valence-corrected chi connectivity index (χ4v) is 10.9. The van der Waals surface area contributed by atoms with Crippen molar-refractivity contribution in [2.45, 2.75) is 72.4 Å². The number of nitrogens with one attached hydrogen (secondary N) is 2. The van der Waals surface area contributed by atoms with Crippen LogP contribution >= 0.6 is 45.9 Å². The molecule has 3 aliphatic rings. The van der Waals surface area contributed by atoms with Crippen molar-refractivity contribution in [2.75, 3.05) is 48.3 Å². The maximum Gasteiger partial charge on any atom is 0.267 e. The van der Waals surface area contributed by atoms with E-state index in [1.54, 1.807) is 22.3 Å². The lowest BCUT2D eigenvalue weighted by molar-refractivity contribution is -0.148. The second kappa shape index (κ2) is 18.0. The molecule has 7 heterocycles. The zero-order valence-electron chi connectivity index (χ0n) is 36.0. The highest BCUT2D eigenvalue weighted by molar-refractivity contribution is 7.17. The van der Waals surface area contributed by atoms with E-state index < -0.39 is 12.1 Å². The number of halogens is 2. The van der Waals surface area contributed by atoms with Crippen LogP contribution < -0.4 is 15.5 Å². The topological polar surface area (TPSA) is 167 Å². The summed E-state index contributed by atoms with van der Waals surface area (Å²) >= 11 is 15.5. The standard InChI is InChI=1S/C45H46Cl2N12O3S2/c1-24-9-8-10-31(47)39(24)53-42(61)34-23-48-45(64-34)52-35-22-36(50-27(4)49-35)56-17-19-57(20-18-56)43(62)33-11-6-7-16-58(33)37(60)21-32-41-55-54-28(5)59(41)44-38(25(2)26(3)63-44)40(51-32)29-12-14-30(46)15-13-29/h8-10,12-15,22-23,32-33H,6-7,11,16-21H2,1-5H3,(H,53,61)(H,48,49,50,52)/t32-,33-/m0/s1. The van der Waals surface area contributed by atoms with Crippen LogP contribution in [-0.4, -0.2) is 102 Å². The normalized spacial score (nSPS) is 17.4. The quantitative estimate of drug-likeness (QED) is 0.144. The van der Waals surface area contributed by atoms with E-state index in [1.165, 1.54) is 22.4 Å². The van der Waals surface area contributed by atoms with E-state index in [0.29, 0.717) is 88.2 Å². The number of carbonyl (C=O) groups excluding carboxylic acids is 3. The molecule has 2 aromatic carbocycles. The van der Waals surface area contributed by atoms with Gasteiger partial charge >= 0.3 is 0 Å². The van der Waals surface area contributed by atoms with Crippen LogP contribution in [0.3, 0.4) is 0 Å². The lowest BCUT2D eigenvalue weighted by Crippen LogP contribution is -2.57. The molecule has 2 atom stereocenters. The molecule has 15 nitrogen and oxygen atoms in total. The Bertz CT molecular complexity index is 2790. The molecule has 3 amide bonds. The first-order chi connectivity index (χ1) is 30.8. The first kappa shape index (κ1) is 43.5. The van der Waals surface area contributed by atoms with Gasteiger partial charge in [0.25, 0.3) is 5.91 Å². The van der Waals surface area contributed by atoms with Gasteiger partial charge in [-0.3, -0.25) is 23.9 Å². The summed E-state index contributed by atoms with van der Waals surface area (Å²) in [6, 6.07) is 13.7. The van der Waals surface area contributed by atoms with Crippen molar-refractivity contribution in [2.24, 2.45) is 4.99 Å². The van der Waals surface area contributed by atoms with Crippen LogP contribution in [0.5, 0.6) is 0 Å². The number of aryl methyl sites for hydroxylation is 4. The van der Waals surface area contributed by atoms with Crippen LogP contribution in [0.4, 0.5) is 22.5 Å². The fourth-order valence-electron chi connectivity index (χ4n) is 8.56. The Hall–Kier alpha value is -5.75. The molecular formula is C45H46Cl2N12O3S2. The van der Waals surface area contributed by atoms with Gasteiger partial charge in [-0.25, -0.2) is 15.0 Å². The number of thiazole rings is 1. The molecule has 0 bridgehead atoms. The smallest absolute Gasteiger partial charge is 0.267 e. The van der Waals surface area contributed by atoms with Crippen LogP contribution in [0.25, 0.3) is 5.00 Å². The highest BCUT2D eigenvalue weighted by Gasteiger charge is 2.39. The molecule has 64 heavy (non-hydrogen) atoms. The Morgan fingerprint density at radius 1 is 0.891 bits per heavy atom. The summed E-state index contributed by atoms with van der Waals surface area (Å²) in [6.07, 6.45) is 3.83. The first-order valence-electron chi connectivity index (χ1n) is 21.2. The third-order valence-corrected chi connectivity index (χ3v) is 14.7. The monoisotopic (exact) mass is 936 g/mol. The van der Waals surface area contributed by atoms with E-state index in [9.17, 15) is 14.4 Å². The average molecular weight is 938 g/mol. The highest BCUT2D eigenvalue weighted by atomic mass is 35.5. The molecule has 2 saturated heterocycles. The van der Waals surface area contributed by atoms with Gasteiger partial charge in [-0.1, -0.05) is 58.8 Å². The molecule has 0 aliphatic carbocycles. The molecule has 2 N–H and O–H groups in total. The number of thiophene rings is 1. The number of piperazine rings is 1. The first-order valence-corrected chi connectivity index (χ1v) is 23.6. The van der Waals surface area contributed by atoms with Crippen molar-refractivity contribution in [1.29, 1.82) is 0 Å². The van der Waals surface area contributed by atoms with Gasteiger partial charge in [0.2, 0.25) is 11.8 Å². The summed E-state index contributed by atoms with van der Waals surface area (Å²) in [5, 5.41) is 17.7. The van der Waals surface area contributed by atoms with Gasteiger partial charge in [0.15, 0.2) is 11.0 Å². The van der Waals surface area contributed by atoms with E-state index in [0.717, 1.165) is 51.6 Å². The number of benzene rings is 2. The zero-order chi connectivity index (χ0) is 44.8. The number of anilines is 4. The molecule has 0 radical (unpaired) electrons. The minimum atomic E-state index is -0.628. The number of amides is 3. The number of aliphatic imine (C=N–C) groups is 1. The van der Waals surface area contributed by atoms with Gasteiger partial charge < -0.3 is 25.3 Å². The second-order valence-electron chi connectivity index (χ2n) is 16.2. The SMILES string of the molecule is Cc1nc(Nc2ncc(C(=O)Nc3c(C)cccc3Cl)s2)cc(N2CCN(C(=O)[C@@H]3CCCCN3C(=O)C[C@@H]3N=C(c4ccc(Cl)cc4)c4c(sc(C)c4C)-n4c(C)nnc43)CC2)n1. The van der Waals surface area contributed by atoms with Crippen molar-refractivity contribution in [3.05, 3.63) is 114 Å². The molecule has 4 aromatic heterocycles. The summed E-state index contributed by atoms with van der Waals surface area (Å²) in [7, 11) is 0. The predicted octanol–water partition coefficient (Wildman–Crippen LogP) is 8.43. The van der Waals surface area contributed by atoms with Gasteiger partial charge in [-0.2, -0.15) is 0 Å². The summed E-state index contributed by atoms with van der Waals surface area (Å²) in [5.74, 6) is 2.65. The lowest BCUT2D eigenvalue weighted by Gasteiger charge is -2.41. The lowest BCUT2D eigenvalue weighted by atomic mass is 9.98. The Labute approximate surface area is 388 Å². The fraction of sp³-hybridized carbons (Fsp3) is 0.356. The molecule has 6 aromatic rings. The van der Waals surface area contributed by atoms with Gasteiger partial charge in [-0.15, -0.1) is 21.5 Å². The third-order valence-electron chi connectivity index (χ3n) is 12.0. The number of hydrogen-bond acceptors (Lipinski definition) is 13. The molecule has 9 rings (SSSR count). The molecule has 2 fully saturated rings. The second-order valence-corrected chi connectivity index (χ2v) is 19.3. The van der Waals surface area contributed by atoms with E-state index in [1.807, 2.05) is 72.7 Å². The van der Waals surface area contributed by atoms with Crippen LogP contribution in [0, 0.1) is 34.6 Å². The minimum absolute atomic E-state index is 0.0410. The van der Waals surface area contributed by atoms with Gasteiger partial charge in [0.1, 0.15) is 45.2 Å². The van der Waals surface area contributed by atoms with Crippen molar-refractivity contribution in [1.82, 2.24) is 39.5 Å². The molecule has 330 valence electrons. The maximum atomic E-state index is 14.5. The van der Waals surface area contributed by atoms with Crippen molar-refractivity contribution >= 4 is 91.8 Å². The number of para-hydroxylation sites is 1. The number of rotatable bonds is 9. The van der Waals surface area contributed by atoms with Crippen molar-refractivity contribution < 1.29 is 14.4 Å². The number of fused-ring (bicyclic) bond motifs is 3.